The second-order valence-corrected chi connectivity index (χ2v) is 8.19. The van der Waals surface area contributed by atoms with Gasteiger partial charge in [-0.25, -0.2) is 0 Å². The van der Waals surface area contributed by atoms with Gasteiger partial charge in [-0.1, -0.05) is 17.7 Å². The molecule has 3 nitrogen and oxygen atoms in total. The number of thiophene rings is 2. The standard InChI is InChI=1S/C16H19ClN2OS2/c17-15-4-3-14(22-15)16(20)18-7-10-19-8-5-12(6-9-19)13-2-1-11-21-13/h1-4,11-12H,5-10H2,(H,18,20). The lowest BCUT2D eigenvalue weighted by atomic mass is 9.95. The van der Waals surface area contributed by atoms with Gasteiger partial charge < -0.3 is 10.2 Å². The molecule has 3 heterocycles. The molecule has 0 spiro atoms. The molecular formula is C16H19ClN2OS2. The summed E-state index contributed by atoms with van der Waals surface area (Å²) in [4.78, 5) is 16.6. The minimum Gasteiger partial charge on any atom is -0.350 e. The van der Waals surface area contributed by atoms with Crippen LogP contribution in [0.2, 0.25) is 4.34 Å². The van der Waals surface area contributed by atoms with Gasteiger partial charge >= 0.3 is 0 Å². The van der Waals surface area contributed by atoms with E-state index < -0.39 is 0 Å². The Labute approximate surface area is 143 Å². The van der Waals surface area contributed by atoms with Crippen molar-refractivity contribution < 1.29 is 4.79 Å². The number of nitrogens with one attached hydrogen (secondary N) is 1. The number of carbonyl (C=O) groups is 1. The molecule has 1 N–H and O–H groups in total. The maximum absolute atomic E-state index is 11.9. The SMILES string of the molecule is O=C(NCCN1CCC(c2cccs2)CC1)c1ccc(Cl)s1. The highest BCUT2D eigenvalue weighted by atomic mass is 35.5. The minimum absolute atomic E-state index is 0.0228. The Morgan fingerprint density at radius 2 is 2.14 bits per heavy atom. The first-order chi connectivity index (χ1) is 10.7. The summed E-state index contributed by atoms with van der Waals surface area (Å²) in [6.45, 7) is 3.84. The topological polar surface area (TPSA) is 32.3 Å². The summed E-state index contributed by atoms with van der Waals surface area (Å²) in [6.07, 6.45) is 2.43. The molecule has 2 aromatic heterocycles. The van der Waals surface area contributed by atoms with E-state index in [0.717, 1.165) is 25.6 Å². The number of rotatable bonds is 5. The Morgan fingerprint density at radius 1 is 1.32 bits per heavy atom. The largest absolute Gasteiger partial charge is 0.350 e. The molecule has 6 heteroatoms. The van der Waals surface area contributed by atoms with E-state index in [-0.39, 0.29) is 5.91 Å². The molecule has 0 unspecified atom stereocenters. The van der Waals surface area contributed by atoms with Crippen molar-refractivity contribution in [1.29, 1.82) is 0 Å². The van der Waals surface area contributed by atoms with Gasteiger partial charge in [0.05, 0.1) is 9.21 Å². The van der Waals surface area contributed by atoms with Crippen LogP contribution in [-0.4, -0.2) is 37.0 Å². The van der Waals surface area contributed by atoms with E-state index >= 15 is 0 Å². The quantitative estimate of drug-likeness (QED) is 0.877. The summed E-state index contributed by atoms with van der Waals surface area (Å²) in [5.41, 5.74) is 0. The van der Waals surface area contributed by atoms with Crippen molar-refractivity contribution in [3.05, 3.63) is 43.7 Å². The second kappa shape index (κ2) is 7.59. The number of hydrogen-bond donors (Lipinski definition) is 1. The molecule has 0 atom stereocenters. The summed E-state index contributed by atoms with van der Waals surface area (Å²) in [6, 6.07) is 7.92. The van der Waals surface area contributed by atoms with E-state index in [1.807, 2.05) is 11.3 Å². The molecule has 0 saturated carbocycles. The Bertz CT molecular complexity index is 603. The molecule has 1 aliphatic rings. The first kappa shape index (κ1) is 16.0. The number of nitrogens with zero attached hydrogens (tertiary/aromatic N) is 1. The van der Waals surface area contributed by atoms with Gasteiger partial charge in [-0.2, -0.15) is 0 Å². The van der Waals surface area contributed by atoms with Crippen LogP contribution in [-0.2, 0) is 0 Å². The van der Waals surface area contributed by atoms with Gasteiger partial charge in [0.25, 0.3) is 5.91 Å². The Morgan fingerprint density at radius 3 is 2.77 bits per heavy atom. The Kier molecular flexibility index (Phi) is 5.52. The monoisotopic (exact) mass is 354 g/mol. The Balaban J connectivity index is 1.37. The molecule has 0 radical (unpaired) electrons. The number of amides is 1. The number of likely N-dealkylation sites (tertiary alicyclic amines) is 1. The van der Waals surface area contributed by atoms with Crippen LogP contribution in [0.1, 0.15) is 33.3 Å². The number of hydrogen-bond acceptors (Lipinski definition) is 4. The summed E-state index contributed by atoms with van der Waals surface area (Å²) >= 11 is 9.04. The fraction of sp³-hybridized carbons (Fsp3) is 0.438. The van der Waals surface area contributed by atoms with Crippen LogP contribution < -0.4 is 5.32 Å². The number of halogens is 1. The van der Waals surface area contributed by atoms with Crippen molar-refractivity contribution in [2.24, 2.45) is 0 Å². The predicted octanol–water partition coefficient (Wildman–Crippen LogP) is 4.07. The molecule has 3 rings (SSSR count). The maximum atomic E-state index is 11.9. The molecule has 1 fully saturated rings. The first-order valence-electron chi connectivity index (χ1n) is 7.51. The van der Waals surface area contributed by atoms with E-state index in [1.165, 1.54) is 29.1 Å². The van der Waals surface area contributed by atoms with Crippen LogP contribution >= 0.6 is 34.3 Å². The van der Waals surface area contributed by atoms with Gasteiger partial charge in [-0.15, -0.1) is 22.7 Å². The van der Waals surface area contributed by atoms with Crippen molar-refractivity contribution in [3.8, 4) is 0 Å². The molecule has 118 valence electrons. The maximum Gasteiger partial charge on any atom is 0.261 e. The zero-order valence-electron chi connectivity index (χ0n) is 12.3. The van der Waals surface area contributed by atoms with Crippen molar-refractivity contribution in [1.82, 2.24) is 10.2 Å². The first-order valence-corrected chi connectivity index (χ1v) is 9.59. The predicted molar refractivity (Wildman–Crippen MR) is 94.4 cm³/mol. The summed E-state index contributed by atoms with van der Waals surface area (Å²) in [5, 5.41) is 5.13. The number of piperidine rings is 1. The lowest BCUT2D eigenvalue weighted by Gasteiger charge is -2.31. The van der Waals surface area contributed by atoms with Gasteiger partial charge in [0.1, 0.15) is 0 Å². The third kappa shape index (κ3) is 4.10. The molecule has 1 amide bonds. The van der Waals surface area contributed by atoms with Gasteiger partial charge in [0.2, 0.25) is 0 Å². The number of carbonyl (C=O) groups excluding carboxylic acids is 1. The van der Waals surface area contributed by atoms with Gasteiger partial charge in [-0.3, -0.25) is 4.79 Å². The fourth-order valence-electron chi connectivity index (χ4n) is 2.82. The van der Waals surface area contributed by atoms with Gasteiger partial charge in [-0.05, 0) is 55.4 Å². The van der Waals surface area contributed by atoms with E-state index in [1.54, 1.807) is 12.1 Å². The molecule has 1 aliphatic heterocycles. The van der Waals surface area contributed by atoms with Crippen molar-refractivity contribution in [2.75, 3.05) is 26.2 Å². The van der Waals surface area contributed by atoms with E-state index in [4.69, 9.17) is 11.6 Å². The molecule has 2 aromatic rings. The second-order valence-electron chi connectivity index (χ2n) is 5.49. The zero-order chi connectivity index (χ0) is 15.4. The molecule has 0 aromatic carbocycles. The van der Waals surface area contributed by atoms with Crippen LogP contribution in [0.25, 0.3) is 0 Å². The molecule has 1 saturated heterocycles. The smallest absolute Gasteiger partial charge is 0.261 e. The lowest BCUT2D eigenvalue weighted by molar-refractivity contribution is 0.0950. The molecule has 0 bridgehead atoms. The van der Waals surface area contributed by atoms with E-state index in [9.17, 15) is 4.79 Å². The van der Waals surface area contributed by atoms with E-state index in [0.29, 0.717) is 15.8 Å². The van der Waals surface area contributed by atoms with Crippen LogP contribution in [0.3, 0.4) is 0 Å². The van der Waals surface area contributed by atoms with Crippen LogP contribution in [0, 0.1) is 0 Å². The summed E-state index contributed by atoms with van der Waals surface area (Å²) in [5.74, 6) is 0.699. The van der Waals surface area contributed by atoms with Crippen molar-refractivity contribution in [2.45, 2.75) is 18.8 Å². The van der Waals surface area contributed by atoms with E-state index in [2.05, 4.69) is 27.7 Å². The van der Waals surface area contributed by atoms with Crippen LogP contribution in [0.15, 0.2) is 29.6 Å². The molecule has 22 heavy (non-hydrogen) atoms. The lowest BCUT2D eigenvalue weighted by Crippen LogP contribution is -2.39. The zero-order valence-corrected chi connectivity index (χ0v) is 14.6. The highest BCUT2D eigenvalue weighted by molar-refractivity contribution is 7.18. The molecule has 0 aliphatic carbocycles. The highest BCUT2D eigenvalue weighted by Crippen LogP contribution is 2.30. The van der Waals surface area contributed by atoms with Gasteiger partial charge in [0.15, 0.2) is 0 Å². The van der Waals surface area contributed by atoms with Crippen LogP contribution in [0.4, 0.5) is 0 Å². The molecular weight excluding hydrogens is 336 g/mol. The summed E-state index contributed by atoms with van der Waals surface area (Å²) in [7, 11) is 0. The van der Waals surface area contributed by atoms with Gasteiger partial charge in [0, 0.05) is 18.0 Å². The van der Waals surface area contributed by atoms with Crippen molar-refractivity contribution >= 4 is 40.2 Å². The average molecular weight is 355 g/mol. The van der Waals surface area contributed by atoms with Crippen molar-refractivity contribution in [3.63, 3.8) is 0 Å². The normalized spacial score (nSPS) is 16.8. The minimum atomic E-state index is -0.0228. The fourth-order valence-corrected chi connectivity index (χ4v) is 4.67. The summed E-state index contributed by atoms with van der Waals surface area (Å²) < 4.78 is 0.654. The third-order valence-corrected chi connectivity index (χ3v) is 6.31. The highest BCUT2D eigenvalue weighted by Gasteiger charge is 2.21. The Hall–Kier alpha value is -0.880. The van der Waals surface area contributed by atoms with Crippen LogP contribution in [0.5, 0.6) is 0 Å². The average Bonchev–Trinajstić information content (AvgIpc) is 3.19. The third-order valence-electron chi connectivity index (χ3n) is 4.04.